The van der Waals surface area contributed by atoms with Crippen LogP contribution in [0.1, 0.15) is 31.4 Å². The maximum Gasteiger partial charge on any atom is 0.212 e. The Morgan fingerprint density at radius 3 is 2.75 bits per heavy atom. The Morgan fingerprint density at radius 2 is 2.06 bits per heavy atom. The number of rotatable bonds is 2. The van der Waals surface area contributed by atoms with Crippen molar-refractivity contribution in [1.29, 1.82) is 0 Å². The highest BCUT2D eigenvalue weighted by Gasteiger charge is 2.20. The molecule has 0 aliphatic heterocycles. The third kappa shape index (κ3) is 1.73. The maximum absolute atomic E-state index is 12.1. The molecular weight excluding hydrogens is 260 g/mol. The van der Waals surface area contributed by atoms with Gasteiger partial charge in [0.1, 0.15) is 0 Å². The fourth-order valence-electron chi connectivity index (χ4n) is 2.00. The largest absolute Gasteiger partial charge is 0.287 e. The molecule has 1 aliphatic rings. The summed E-state index contributed by atoms with van der Waals surface area (Å²) in [6, 6.07) is 5.64. The normalized spacial score (nSPS) is 14.1. The van der Waals surface area contributed by atoms with Gasteiger partial charge in [-0.25, -0.2) is 0 Å². The summed E-state index contributed by atoms with van der Waals surface area (Å²) < 4.78 is 0.674. The van der Waals surface area contributed by atoms with E-state index in [0.717, 1.165) is 22.6 Å². The number of fused-ring (bicyclic) bond motifs is 1. The Morgan fingerprint density at radius 1 is 1.19 bits per heavy atom. The lowest BCUT2D eigenvalue weighted by molar-refractivity contribution is 0.104. The highest BCUT2D eigenvalue weighted by molar-refractivity contribution is 7.20. The second kappa shape index (κ2) is 3.99. The van der Waals surface area contributed by atoms with Gasteiger partial charge in [0, 0.05) is 4.88 Å². The van der Waals surface area contributed by atoms with Crippen LogP contribution in [0.3, 0.4) is 0 Å². The van der Waals surface area contributed by atoms with Gasteiger partial charge in [0.2, 0.25) is 5.78 Å². The summed E-state index contributed by atoms with van der Waals surface area (Å²) in [6.07, 6.45) is 3.50. The number of carbonyl (C=O) groups is 1. The summed E-state index contributed by atoms with van der Waals surface area (Å²) in [5, 5.41) is 0. The molecule has 0 spiro atoms. The Balaban J connectivity index is 1.95. The van der Waals surface area contributed by atoms with E-state index in [0.29, 0.717) is 4.34 Å². The van der Waals surface area contributed by atoms with Crippen LogP contribution in [0.4, 0.5) is 0 Å². The molecule has 16 heavy (non-hydrogen) atoms. The standard InChI is InChI=1S/C12H9ClOS2/c13-11-5-4-9(16-11)12(14)10-6-7-2-1-3-8(7)15-10/h4-6H,1-3H2. The molecule has 3 rings (SSSR count). The van der Waals surface area contributed by atoms with E-state index in [2.05, 4.69) is 6.07 Å². The van der Waals surface area contributed by atoms with Crippen molar-refractivity contribution in [2.75, 3.05) is 0 Å². The van der Waals surface area contributed by atoms with Gasteiger partial charge < -0.3 is 0 Å². The van der Waals surface area contributed by atoms with E-state index < -0.39 is 0 Å². The smallest absolute Gasteiger partial charge is 0.212 e. The van der Waals surface area contributed by atoms with E-state index in [1.165, 1.54) is 28.2 Å². The molecular formula is C12H9ClOS2. The number of hydrogen-bond acceptors (Lipinski definition) is 3. The second-order valence-corrected chi connectivity index (χ2v) is 6.70. The van der Waals surface area contributed by atoms with Gasteiger partial charge in [0.25, 0.3) is 0 Å². The summed E-state index contributed by atoms with van der Waals surface area (Å²) in [5.74, 6) is 0.122. The van der Waals surface area contributed by atoms with Crippen LogP contribution >= 0.6 is 34.3 Å². The molecule has 0 saturated heterocycles. The van der Waals surface area contributed by atoms with Crippen LogP contribution in [0, 0.1) is 0 Å². The molecule has 1 aliphatic carbocycles. The molecule has 0 radical (unpaired) electrons. The van der Waals surface area contributed by atoms with E-state index >= 15 is 0 Å². The number of hydrogen-bond donors (Lipinski definition) is 0. The topological polar surface area (TPSA) is 17.1 Å². The maximum atomic E-state index is 12.1. The lowest BCUT2D eigenvalue weighted by Gasteiger charge is -1.92. The molecule has 0 amide bonds. The lowest BCUT2D eigenvalue weighted by atomic mass is 10.2. The number of thiophene rings is 2. The van der Waals surface area contributed by atoms with Gasteiger partial charge in [-0.05, 0) is 43.0 Å². The first-order valence-corrected chi connectivity index (χ1v) is 7.17. The van der Waals surface area contributed by atoms with E-state index in [1.54, 1.807) is 23.5 Å². The minimum atomic E-state index is 0.122. The Kier molecular flexibility index (Phi) is 2.62. The molecule has 2 aromatic rings. The molecule has 2 heterocycles. The van der Waals surface area contributed by atoms with Crippen molar-refractivity contribution in [2.45, 2.75) is 19.3 Å². The molecule has 0 saturated carbocycles. The van der Waals surface area contributed by atoms with Crippen LogP contribution < -0.4 is 0 Å². The van der Waals surface area contributed by atoms with Gasteiger partial charge in [0.05, 0.1) is 14.1 Å². The lowest BCUT2D eigenvalue weighted by Crippen LogP contribution is -1.94. The van der Waals surface area contributed by atoms with Gasteiger partial charge in [0.15, 0.2) is 0 Å². The minimum Gasteiger partial charge on any atom is -0.287 e. The molecule has 0 aromatic carbocycles. The monoisotopic (exact) mass is 268 g/mol. The van der Waals surface area contributed by atoms with Crippen molar-refractivity contribution in [3.05, 3.63) is 42.7 Å². The zero-order chi connectivity index (χ0) is 11.1. The van der Waals surface area contributed by atoms with Gasteiger partial charge in [-0.1, -0.05) is 11.6 Å². The van der Waals surface area contributed by atoms with Crippen LogP contribution in [-0.4, -0.2) is 5.78 Å². The third-order valence-electron chi connectivity index (χ3n) is 2.77. The van der Waals surface area contributed by atoms with Crippen molar-refractivity contribution in [2.24, 2.45) is 0 Å². The first-order chi connectivity index (χ1) is 7.74. The van der Waals surface area contributed by atoms with Crippen LogP contribution in [0.15, 0.2) is 18.2 Å². The van der Waals surface area contributed by atoms with Gasteiger partial charge in [-0.3, -0.25) is 4.79 Å². The zero-order valence-corrected chi connectivity index (χ0v) is 10.8. The molecule has 0 atom stereocenters. The van der Waals surface area contributed by atoms with Gasteiger partial charge >= 0.3 is 0 Å². The first kappa shape index (κ1) is 10.5. The minimum absolute atomic E-state index is 0.122. The number of carbonyl (C=O) groups excluding carboxylic acids is 1. The Bertz CT molecular complexity index is 532. The number of ketones is 1. The first-order valence-electron chi connectivity index (χ1n) is 5.15. The van der Waals surface area contributed by atoms with Crippen molar-refractivity contribution in [3.63, 3.8) is 0 Å². The third-order valence-corrected chi connectivity index (χ3v) is 5.23. The van der Waals surface area contributed by atoms with Crippen LogP contribution in [0.2, 0.25) is 4.34 Å². The number of halogens is 1. The molecule has 0 unspecified atom stereocenters. The average molecular weight is 269 g/mol. The molecule has 0 fully saturated rings. The molecule has 2 aromatic heterocycles. The van der Waals surface area contributed by atoms with E-state index in [1.807, 2.05) is 0 Å². The zero-order valence-electron chi connectivity index (χ0n) is 8.46. The average Bonchev–Trinajstić information content (AvgIpc) is 2.89. The summed E-state index contributed by atoms with van der Waals surface area (Å²) in [7, 11) is 0. The summed E-state index contributed by atoms with van der Waals surface area (Å²) in [5.41, 5.74) is 1.37. The Hall–Kier alpha value is -0.640. The fraction of sp³-hybridized carbons (Fsp3) is 0.250. The van der Waals surface area contributed by atoms with Gasteiger partial charge in [-0.2, -0.15) is 0 Å². The van der Waals surface area contributed by atoms with E-state index in [-0.39, 0.29) is 5.78 Å². The molecule has 0 bridgehead atoms. The Labute approximate surface area is 107 Å². The second-order valence-electron chi connectivity index (χ2n) is 3.85. The van der Waals surface area contributed by atoms with E-state index in [4.69, 9.17) is 11.6 Å². The van der Waals surface area contributed by atoms with Crippen molar-refractivity contribution in [1.82, 2.24) is 0 Å². The molecule has 4 heteroatoms. The van der Waals surface area contributed by atoms with Crippen LogP contribution in [-0.2, 0) is 12.8 Å². The van der Waals surface area contributed by atoms with Crippen molar-refractivity contribution < 1.29 is 4.79 Å². The van der Waals surface area contributed by atoms with E-state index in [9.17, 15) is 4.79 Å². The molecule has 1 nitrogen and oxygen atoms in total. The summed E-state index contributed by atoms with van der Waals surface area (Å²) in [6.45, 7) is 0. The van der Waals surface area contributed by atoms with Gasteiger partial charge in [-0.15, -0.1) is 22.7 Å². The SMILES string of the molecule is O=C(c1ccc(Cl)s1)c1cc2c(s1)CCC2. The molecule has 82 valence electrons. The van der Waals surface area contributed by atoms with Crippen LogP contribution in [0.5, 0.6) is 0 Å². The van der Waals surface area contributed by atoms with Crippen LogP contribution in [0.25, 0.3) is 0 Å². The predicted octanol–water partition coefficient (Wildman–Crippen LogP) is 4.18. The highest BCUT2D eigenvalue weighted by atomic mass is 35.5. The quantitative estimate of drug-likeness (QED) is 0.747. The molecule has 0 N–H and O–H groups in total. The predicted molar refractivity (Wildman–Crippen MR) is 69.1 cm³/mol. The van der Waals surface area contributed by atoms with Crippen molar-refractivity contribution in [3.8, 4) is 0 Å². The van der Waals surface area contributed by atoms with Crippen molar-refractivity contribution >= 4 is 40.1 Å². The summed E-state index contributed by atoms with van der Waals surface area (Å²) >= 11 is 8.84. The highest BCUT2D eigenvalue weighted by Crippen LogP contribution is 2.33. The number of aryl methyl sites for hydroxylation is 2. The summed E-state index contributed by atoms with van der Waals surface area (Å²) in [4.78, 5) is 15.1. The fourth-order valence-corrected chi connectivity index (χ4v) is 4.27.